The Balaban J connectivity index is 1.59. The first kappa shape index (κ1) is 19.4. The number of H-pyrrole nitrogens is 1. The monoisotopic (exact) mass is 401 g/mol. The topological polar surface area (TPSA) is 39.3 Å². The van der Waals surface area contributed by atoms with Crippen LogP contribution in [0.15, 0.2) is 42.5 Å². The van der Waals surface area contributed by atoms with Crippen molar-refractivity contribution in [1.29, 1.82) is 0 Å². The Morgan fingerprint density at radius 3 is 2.47 bits per heavy atom. The summed E-state index contributed by atoms with van der Waals surface area (Å²) in [6.45, 7) is 14.5. The fraction of sp³-hybridized carbons (Fsp3) is 0.423. The summed E-state index contributed by atoms with van der Waals surface area (Å²) in [6, 6.07) is 15.6. The second-order valence-electron chi connectivity index (χ2n) is 9.54. The van der Waals surface area contributed by atoms with Crippen molar-refractivity contribution in [3.05, 3.63) is 64.8 Å². The van der Waals surface area contributed by atoms with Gasteiger partial charge in [-0.2, -0.15) is 0 Å². The lowest BCUT2D eigenvalue weighted by atomic mass is 9.71. The lowest BCUT2D eigenvalue weighted by molar-refractivity contribution is 0.103. The van der Waals surface area contributed by atoms with Gasteiger partial charge in [0.2, 0.25) is 0 Å². The Morgan fingerprint density at radius 2 is 1.77 bits per heavy atom. The highest BCUT2D eigenvalue weighted by Crippen LogP contribution is 2.44. The van der Waals surface area contributed by atoms with Crippen LogP contribution in [-0.2, 0) is 5.41 Å². The summed E-state index contributed by atoms with van der Waals surface area (Å²) >= 11 is 0. The van der Waals surface area contributed by atoms with Gasteiger partial charge in [-0.25, -0.2) is 0 Å². The highest BCUT2D eigenvalue weighted by atomic mass is 16.1. The minimum Gasteiger partial charge on any atom is -0.368 e. The molecule has 0 radical (unpaired) electrons. The first-order valence-electron chi connectivity index (χ1n) is 11.1. The van der Waals surface area contributed by atoms with Crippen molar-refractivity contribution in [2.24, 2.45) is 0 Å². The van der Waals surface area contributed by atoms with Crippen LogP contribution in [0.3, 0.4) is 0 Å². The number of rotatable bonds is 2. The van der Waals surface area contributed by atoms with E-state index in [1.165, 1.54) is 5.69 Å². The summed E-state index contributed by atoms with van der Waals surface area (Å²) in [5, 5.41) is 1.03. The molecule has 3 aromatic rings. The third-order valence-corrected chi connectivity index (χ3v) is 7.31. The molecule has 1 fully saturated rings. The van der Waals surface area contributed by atoms with Crippen molar-refractivity contribution in [2.75, 3.05) is 24.5 Å². The summed E-state index contributed by atoms with van der Waals surface area (Å²) in [5.41, 5.74) is 5.86. The van der Waals surface area contributed by atoms with Crippen LogP contribution in [0.4, 0.5) is 5.69 Å². The highest BCUT2D eigenvalue weighted by molar-refractivity contribution is 6.20. The van der Waals surface area contributed by atoms with Crippen LogP contribution >= 0.6 is 0 Å². The molecule has 4 nitrogen and oxygen atoms in total. The summed E-state index contributed by atoms with van der Waals surface area (Å²) in [6.07, 6.45) is 0. The number of likely N-dealkylation sites (N-methyl/N-ethyl adjacent to an activating group) is 1. The van der Waals surface area contributed by atoms with Gasteiger partial charge in [0, 0.05) is 58.4 Å². The molecular weight excluding hydrogens is 370 g/mol. The first-order chi connectivity index (χ1) is 14.3. The number of para-hydroxylation sites is 1. The van der Waals surface area contributed by atoms with Crippen LogP contribution in [-0.4, -0.2) is 47.4 Å². The summed E-state index contributed by atoms with van der Waals surface area (Å²) in [5.74, 6) is 0.140. The molecule has 4 heteroatoms. The maximum absolute atomic E-state index is 13.5. The Kier molecular flexibility index (Phi) is 4.33. The summed E-state index contributed by atoms with van der Waals surface area (Å²) in [7, 11) is 0. The fourth-order valence-electron chi connectivity index (χ4n) is 5.75. The Bertz CT molecular complexity index is 1130. The molecule has 0 bridgehead atoms. The van der Waals surface area contributed by atoms with Crippen molar-refractivity contribution < 1.29 is 4.79 Å². The molecule has 2 aliphatic rings. The highest BCUT2D eigenvalue weighted by Gasteiger charge is 2.40. The van der Waals surface area contributed by atoms with Gasteiger partial charge >= 0.3 is 0 Å². The summed E-state index contributed by atoms with van der Waals surface area (Å²) in [4.78, 5) is 22.1. The minimum atomic E-state index is -0.254. The van der Waals surface area contributed by atoms with Gasteiger partial charge in [-0.15, -0.1) is 0 Å². The molecule has 2 aromatic carbocycles. The molecule has 1 N–H and O–H groups in total. The van der Waals surface area contributed by atoms with Crippen LogP contribution in [0.2, 0.25) is 0 Å². The Hall–Kier alpha value is -2.59. The van der Waals surface area contributed by atoms with Gasteiger partial charge in [0.1, 0.15) is 0 Å². The van der Waals surface area contributed by atoms with E-state index in [2.05, 4.69) is 73.7 Å². The maximum atomic E-state index is 13.5. The Morgan fingerprint density at radius 1 is 1.07 bits per heavy atom. The lowest BCUT2D eigenvalue weighted by Crippen LogP contribution is -2.56. The van der Waals surface area contributed by atoms with Crippen LogP contribution in [0.5, 0.6) is 0 Å². The van der Waals surface area contributed by atoms with E-state index in [-0.39, 0.29) is 11.2 Å². The number of carbonyl (C=O) groups excluding carboxylic acids is 1. The first-order valence-corrected chi connectivity index (χ1v) is 11.1. The molecule has 0 unspecified atom stereocenters. The number of aromatic nitrogens is 1. The second-order valence-corrected chi connectivity index (χ2v) is 9.54. The zero-order chi connectivity index (χ0) is 21.2. The number of nitrogens with one attached hydrogen (secondary N) is 1. The average Bonchev–Trinajstić information content (AvgIpc) is 3.13. The molecule has 1 saturated heterocycles. The molecule has 0 saturated carbocycles. The molecular formula is C26H31N3O. The molecule has 0 amide bonds. The number of nitrogens with zero attached hydrogens (tertiary/aromatic N) is 2. The molecule has 2 atom stereocenters. The fourth-order valence-corrected chi connectivity index (χ4v) is 5.75. The van der Waals surface area contributed by atoms with Crippen molar-refractivity contribution in [1.82, 2.24) is 9.88 Å². The molecule has 30 heavy (non-hydrogen) atoms. The molecule has 1 aliphatic heterocycles. The van der Waals surface area contributed by atoms with E-state index < -0.39 is 0 Å². The second kappa shape index (κ2) is 6.71. The number of fused-ring (bicyclic) bond motifs is 4. The van der Waals surface area contributed by atoms with Crippen LogP contribution in [0, 0.1) is 0 Å². The van der Waals surface area contributed by atoms with E-state index in [4.69, 9.17) is 0 Å². The number of hydrogen-bond donors (Lipinski definition) is 1. The molecule has 5 rings (SSSR count). The zero-order valence-electron chi connectivity index (χ0n) is 18.6. The van der Waals surface area contributed by atoms with Crippen LogP contribution in [0.1, 0.15) is 61.8 Å². The van der Waals surface area contributed by atoms with Crippen LogP contribution < -0.4 is 4.90 Å². The van der Waals surface area contributed by atoms with Gasteiger partial charge in [0.15, 0.2) is 5.78 Å². The van der Waals surface area contributed by atoms with Gasteiger partial charge in [0.05, 0.1) is 5.56 Å². The van der Waals surface area contributed by atoms with E-state index in [9.17, 15) is 4.79 Å². The average molecular weight is 402 g/mol. The molecule has 2 heterocycles. The third-order valence-electron chi connectivity index (χ3n) is 7.31. The maximum Gasteiger partial charge on any atom is 0.195 e. The van der Waals surface area contributed by atoms with Crippen molar-refractivity contribution in [3.63, 3.8) is 0 Å². The standard InChI is InChI=1S/C26H31N3O/c1-6-29-16(2)14-28(15-17(29)3)18-11-12-19-21(13-18)26(4,5)25-23(24(19)30)20-9-7-8-10-22(20)27-25/h7-13,16-17,27H,6,14-15H2,1-5H3/t16-,17+. The SMILES string of the molecule is CCN1[C@H](C)CN(c2ccc3c(c2)C(C)(C)c2[nH]c4ccccc4c2C3=O)C[C@@H]1C. The van der Waals surface area contributed by atoms with Gasteiger partial charge in [-0.05, 0) is 50.2 Å². The molecule has 1 aliphatic carbocycles. The van der Waals surface area contributed by atoms with Gasteiger partial charge in [-0.1, -0.05) is 39.0 Å². The number of ketones is 1. The van der Waals surface area contributed by atoms with Gasteiger partial charge in [0.25, 0.3) is 0 Å². The van der Waals surface area contributed by atoms with E-state index in [0.29, 0.717) is 12.1 Å². The van der Waals surface area contributed by atoms with E-state index in [1.54, 1.807) is 0 Å². The van der Waals surface area contributed by atoms with E-state index in [1.807, 2.05) is 18.2 Å². The largest absolute Gasteiger partial charge is 0.368 e. The zero-order valence-corrected chi connectivity index (χ0v) is 18.6. The van der Waals surface area contributed by atoms with Gasteiger partial charge in [-0.3, -0.25) is 9.69 Å². The predicted molar refractivity (Wildman–Crippen MR) is 124 cm³/mol. The molecule has 156 valence electrons. The summed E-state index contributed by atoms with van der Waals surface area (Å²) < 4.78 is 0. The van der Waals surface area contributed by atoms with Crippen LogP contribution in [0.25, 0.3) is 10.9 Å². The minimum absolute atomic E-state index is 0.140. The van der Waals surface area contributed by atoms with Crippen molar-refractivity contribution in [3.8, 4) is 0 Å². The van der Waals surface area contributed by atoms with E-state index in [0.717, 1.165) is 52.9 Å². The third kappa shape index (κ3) is 2.66. The number of benzene rings is 2. The van der Waals surface area contributed by atoms with Crippen molar-refractivity contribution >= 4 is 22.4 Å². The van der Waals surface area contributed by atoms with Gasteiger partial charge < -0.3 is 9.88 Å². The molecule has 1 aromatic heterocycles. The van der Waals surface area contributed by atoms with Crippen molar-refractivity contribution in [2.45, 2.75) is 52.1 Å². The predicted octanol–water partition coefficient (Wildman–Crippen LogP) is 4.96. The number of hydrogen-bond acceptors (Lipinski definition) is 3. The number of piperazine rings is 1. The lowest BCUT2D eigenvalue weighted by Gasteiger charge is -2.45. The quantitative estimate of drug-likeness (QED) is 0.660. The number of carbonyl (C=O) groups is 1. The number of anilines is 1. The smallest absolute Gasteiger partial charge is 0.195 e. The van der Waals surface area contributed by atoms with E-state index >= 15 is 0 Å². The Labute approximate surface area is 178 Å². The number of aromatic amines is 1. The molecule has 0 spiro atoms. The normalized spacial score (nSPS) is 23.5.